The molecule has 0 radical (unpaired) electrons. The maximum Gasteiger partial charge on any atom is 0.407 e. The Hall–Kier alpha value is -4.93. The summed E-state index contributed by atoms with van der Waals surface area (Å²) < 4.78 is 4.75. The number of nitrogens with one attached hydrogen (secondary N) is 3. The monoisotopic (exact) mass is 665 g/mol. The first-order valence-electron chi connectivity index (χ1n) is 17.4. The first-order chi connectivity index (χ1) is 23.6. The minimum absolute atomic E-state index is 0.0101. The lowest BCUT2D eigenvalue weighted by Gasteiger charge is -2.30. The molecular weight excluding hydrogens is 618 g/mol. The van der Waals surface area contributed by atoms with Crippen molar-refractivity contribution in [2.24, 2.45) is 11.8 Å². The number of ether oxygens (including phenoxy) is 1. The van der Waals surface area contributed by atoms with E-state index in [4.69, 9.17) is 4.74 Å². The highest BCUT2D eigenvalue weighted by Crippen LogP contribution is 2.35. The number of hydrogen-bond donors (Lipinski definition) is 3. The van der Waals surface area contributed by atoms with Gasteiger partial charge in [0.2, 0.25) is 11.8 Å². The largest absolute Gasteiger partial charge is 0.453 e. The SMILES string of the molecule is COC(=O)NC(C(=O)N1CCC[C@H]1c1ncc(-c2ccc(-c3ccc(-c4cnc([C@@H]5CCCN5C(=O)CC(C)C)[nH]4)cc3)cc2)[nH]1)C(C)C. The van der Waals surface area contributed by atoms with E-state index in [-0.39, 0.29) is 29.8 Å². The molecule has 49 heavy (non-hydrogen) atoms. The maximum atomic E-state index is 13.5. The molecule has 11 heteroatoms. The highest BCUT2D eigenvalue weighted by atomic mass is 16.5. The Bertz CT molecular complexity index is 1760. The van der Waals surface area contributed by atoms with Crippen molar-refractivity contribution in [2.75, 3.05) is 20.2 Å². The minimum atomic E-state index is -0.671. The van der Waals surface area contributed by atoms with Gasteiger partial charge in [-0.05, 0) is 59.8 Å². The number of rotatable bonds is 10. The van der Waals surface area contributed by atoms with E-state index in [1.54, 1.807) is 0 Å². The molecule has 0 spiro atoms. The van der Waals surface area contributed by atoms with Gasteiger partial charge in [0.15, 0.2) is 0 Å². The number of amides is 3. The maximum absolute atomic E-state index is 13.5. The molecule has 2 aliphatic rings. The van der Waals surface area contributed by atoms with E-state index in [0.717, 1.165) is 77.5 Å². The summed E-state index contributed by atoms with van der Waals surface area (Å²) in [7, 11) is 1.30. The molecule has 2 fully saturated rings. The number of methoxy groups -OCH3 is 1. The number of H-pyrrole nitrogens is 2. The van der Waals surface area contributed by atoms with Crippen LogP contribution in [0, 0.1) is 11.8 Å². The Kier molecular flexibility index (Phi) is 10.2. The predicted molar refractivity (Wildman–Crippen MR) is 188 cm³/mol. The van der Waals surface area contributed by atoms with Gasteiger partial charge in [0.05, 0.1) is 43.0 Å². The Labute approximate surface area is 287 Å². The second kappa shape index (κ2) is 14.7. The van der Waals surface area contributed by atoms with Crippen LogP contribution in [0.5, 0.6) is 0 Å². The Morgan fingerprint density at radius 2 is 1.24 bits per heavy atom. The van der Waals surface area contributed by atoms with Crippen LogP contribution in [0.25, 0.3) is 33.6 Å². The fraction of sp³-hybridized carbons (Fsp3) is 0.447. The van der Waals surface area contributed by atoms with Crippen LogP contribution in [0.15, 0.2) is 60.9 Å². The van der Waals surface area contributed by atoms with Gasteiger partial charge in [0, 0.05) is 19.5 Å². The van der Waals surface area contributed by atoms with Gasteiger partial charge in [0.1, 0.15) is 17.7 Å². The fourth-order valence-corrected chi connectivity index (χ4v) is 7.00. The van der Waals surface area contributed by atoms with E-state index in [9.17, 15) is 14.4 Å². The van der Waals surface area contributed by atoms with Crippen molar-refractivity contribution in [3.8, 4) is 33.6 Å². The van der Waals surface area contributed by atoms with E-state index >= 15 is 0 Å². The summed E-state index contributed by atoms with van der Waals surface area (Å²) in [6.45, 7) is 9.37. The highest BCUT2D eigenvalue weighted by molar-refractivity contribution is 5.86. The van der Waals surface area contributed by atoms with Crippen molar-refractivity contribution in [1.82, 2.24) is 35.1 Å². The zero-order chi connectivity index (χ0) is 34.7. The first-order valence-corrected chi connectivity index (χ1v) is 17.4. The molecule has 3 N–H and O–H groups in total. The molecule has 2 aromatic carbocycles. The number of imidazole rings is 2. The van der Waals surface area contributed by atoms with Crippen molar-refractivity contribution in [2.45, 2.75) is 77.9 Å². The van der Waals surface area contributed by atoms with Gasteiger partial charge in [-0.1, -0.05) is 76.2 Å². The van der Waals surface area contributed by atoms with Crippen LogP contribution < -0.4 is 5.32 Å². The Morgan fingerprint density at radius 3 is 1.71 bits per heavy atom. The molecule has 258 valence electrons. The molecule has 2 aliphatic heterocycles. The molecular formula is C38H47N7O4. The summed E-state index contributed by atoms with van der Waals surface area (Å²) in [5.41, 5.74) is 6.06. The number of aromatic nitrogens is 4. The van der Waals surface area contributed by atoms with Crippen molar-refractivity contribution >= 4 is 17.9 Å². The number of carbonyl (C=O) groups is 3. The molecule has 0 saturated carbocycles. The summed E-state index contributed by atoms with van der Waals surface area (Å²) in [6, 6.07) is 15.9. The number of carbonyl (C=O) groups excluding carboxylic acids is 3. The number of aromatic amines is 2. The van der Waals surface area contributed by atoms with Crippen LogP contribution in [0.1, 0.15) is 83.5 Å². The van der Waals surface area contributed by atoms with Crippen molar-refractivity contribution < 1.29 is 19.1 Å². The molecule has 6 rings (SSSR count). The third-order valence-electron chi connectivity index (χ3n) is 9.63. The van der Waals surface area contributed by atoms with Crippen LogP contribution in [0.4, 0.5) is 4.79 Å². The first kappa shape index (κ1) is 34.0. The van der Waals surface area contributed by atoms with E-state index in [0.29, 0.717) is 18.9 Å². The number of benzene rings is 2. The number of alkyl carbamates (subject to hydrolysis) is 1. The van der Waals surface area contributed by atoms with Gasteiger partial charge >= 0.3 is 6.09 Å². The quantitative estimate of drug-likeness (QED) is 0.169. The molecule has 3 atom stereocenters. The van der Waals surface area contributed by atoms with Crippen LogP contribution in [0.3, 0.4) is 0 Å². The van der Waals surface area contributed by atoms with E-state index in [1.165, 1.54) is 7.11 Å². The van der Waals surface area contributed by atoms with E-state index < -0.39 is 12.1 Å². The molecule has 4 heterocycles. The van der Waals surface area contributed by atoms with Crippen molar-refractivity contribution in [3.05, 3.63) is 72.6 Å². The lowest BCUT2D eigenvalue weighted by Crippen LogP contribution is -2.51. The van der Waals surface area contributed by atoms with E-state index in [1.807, 2.05) is 36.0 Å². The van der Waals surface area contributed by atoms with Crippen LogP contribution >= 0.6 is 0 Å². The summed E-state index contributed by atoms with van der Waals surface area (Å²) in [5.74, 6) is 1.92. The van der Waals surface area contributed by atoms with Gasteiger partial charge in [-0.25, -0.2) is 14.8 Å². The highest BCUT2D eigenvalue weighted by Gasteiger charge is 2.37. The molecule has 11 nitrogen and oxygen atoms in total. The molecule has 4 aromatic rings. The van der Waals surface area contributed by atoms with Gasteiger partial charge in [0.25, 0.3) is 0 Å². The van der Waals surface area contributed by atoms with Crippen molar-refractivity contribution in [1.29, 1.82) is 0 Å². The standard InChI is InChI=1S/C38H47N7O4/c1-23(2)20-33(46)44-18-6-8-31(44)35-39-21-29(41-35)27-14-10-25(11-15-27)26-12-16-28(17-13-26)30-22-40-36(42-30)32-9-7-19-45(32)37(47)34(24(3)4)43-38(48)49-5/h10-17,21-24,31-32,34H,6-9,18-20H2,1-5H3,(H,39,41)(H,40,42)(H,43,48)/t31-,32-,34?/m0/s1. The second-order valence-electron chi connectivity index (χ2n) is 13.9. The zero-order valence-electron chi connectivity index (χ0n) is 29.0. The summed E-state index contributed by atoms with van der Waals surface area (Å²) in [5, 5.41) is 2.70. The van der Waals surface area contributed by atoms with Gasteiger partial charge in [-0.3, -0.25) is 9.59 Å². The number of likely N-dealkylation sites (tertiary alicyclic amines) is 2. The average Bonchev–Trinajstić information content (AvgIpc) is 3.93. The lowest BCUT2D eigenvalue weighted by molar-refractivity contribution is -0.135. The molecule has 1 unspecified atom stereocenters. The van der Waals surface area contributed by atoms with Gasteiger partial charge in [-0.2, -0.15) is 0 Å². The van der Waals surface area contributed by atoms with E-state index in [2.05, 4.69) is 87.6 Å². The third-order valence-corrected chi connectivity index (χ3v) is 9.63. The Balaban J connectivity index is 1.11. The molecule has 0 bridgehead atoms. The second-order valence-corrected chi connectivity index (χ2v) is 13.9. The van der Waals surface area contributed by atoms with Crippen LogP contribution in [-0.4, -0.2) is 73.9 Å². The van der Waals surface area contributed by atoms with Gasteiger partial charge in [-0.15, -0.1) is 0 Å². The summed E-state index contributed by atoms with van der Waals surface area (Å²) in [4.78, 5) is 58.3. The zero-order valence-corrected chi connectivity index (χ0v) is 29.0. The predicted octanol–water partition coefficient (Wildman–Crippen LogP) is 6.89. The fourth-order valence-electron chi connectivity index (χ4n) is 7.00. The van der Waals surface area contributed by atoms with Crippen LogP contribution in [-0.2, 0) is 14.3 Å². The van der Waals surface area contributed by atoms with Crippen LogP contribution in [0.2, 0.25) is 0 Å². The molecule has 0 aliphatic carbocycles. The molecule has 3 amide bonds. The smallest absolute Gasteiger partial charge is 0.407 e. The summed E-state index contributed by atoms with van der Waals surface area (Å²) in [6.07, 6.45) is 7.22. The average molecular weight is 666 g/mol. The van der Waals surface area contributed by atoms with Crippen molar-refractivity contribution in [3.63, 3.8) is 0 Å². The summed E-state index contributed by atoms with van der Waals surface area (Å²) >= 11 is 0. The number of nitrogens with zero attached hydrogens (tertiary/aromatic N) is 4. The molecule has 2 aromatic heterocycles. The normalized spacial score (nSPS) is 18.3. The minimum Gasteiger partial charge on any atom is -0.453 e. The number of hydrogen-bond acceptors (Lipinski definition) is 6. The third kappa shape index (κ3) is 7.40. The topological polar surface area (TPSA) is 136 Å². The lowest BCUT2D eigenvalue weighted by atomic mass is 10.0. The Morgan fingerprint density at radius 1 is 0.776 bits per heavy atom. The van der Waals surface area contributed by atoms with Gasteiger partial charge < -0.3 is 29.8 Å². The molecule has 2 saturated heterocycles.